The predicted molar refractivity (Wildman–Crippen MR) is 129 cm³/mol. The molecule has 2 N–H and O–H groups in total. The lowest BCUT2D eigenvalue weighted by molar-refractivity contribution is -0.117. The largest absolute Gasteiger partial charge is 0.341 e. The lowest BCUT2D eigenvalue weighted by atomic mass is 10.0. The third kappa shape index (κ3) is 4.67. The van der Waals surface area contributed by atoms with Crippen LogP contribution in [0.5, 0.6) is 0 Å². The Balaban J connectivity index is 1.86. The van der Waals surface area contributed by atoms with Gasteiger partial charge >= 0.3 is 6.03 Å². The molecule has 0 aliphatic rings. The first-order valence-electron chi connectivity index (χ1n) is 9.91. The number of aromatic nitrogens is 2. The molecular weight excluding hydrogens is 463 g/mol. The van der Waals surface area contributed by atoms with Crippen LogP contribution in [0.1, 0.15) is 4.88 Å². The molecule has 0 aliphatic heterocycles. The van der Waals surface area contributed by atoms with Crippen molar-refractivity contribution in [3.05, 3.63) is 75.6 Å². The van der Waals surface area contributed by atoms with E-state index in [-0.39, 0.29) is 17.1 Å². The SMILES string of the molecule is CNC(=O)NC(=O)CSc1nc2sc(C)c(-c3ccc(F)cc3)c2c(=O)n1-c1ccccc1. The molecule has 0 aliphatic carbocycles. The number of carbonyl (C=O) groups is 2. The minimum Gasteiger partial charge on any atom is -0.341 e. The van der Waals surface area contributed by atoms with E-state index in [4.69, 9.17) is 4.98 Å². The highest BCUT2D eigenvalue weighted by molar-refractivity contribution is 7.99. The van der Waals surface area contributed by atoms with Crippen molar-refractivity contribution in [2.45, 2.75) is 12.1 Å². The molecule has 33 heavy (non-hydrogen) atoms. The summed E-state index contributed by atoms with van der Waals surface area (Å²) in [6, 6.07) is 14.4. The number of carbonyl (C=O) groups excluding carboxylic acids is 2. The number of rotatable bonds is 5. The molecule has 0 fully saturated rings. The van der Waals surface area contributed by atoms with Crippen molar-refractivity contribution in [2.24, 2.45) is 0 Å². The van der Waals surface area contributed by atoms with Gasteiger partial charge < -0.3 is 5.32 Å². The Labute approximate surface area is 196 Å². The lowest BCUT2D eigenvalue weighted by Crippen LogP contribution is -2.38. The highest BCUT2D eigenvalue weighted by Gasteiger charge is 2.21. The molecule has 0 saturated carbocycles. The maximum Gasteiger partial charge on any atom is 0.321 e. The normalized spacial score (nSPS) is 10.9. The number of benzene rings is 2. The van der Waals surface area contributed by atoms with Crippen LogP contribution in [-0.2, 0) is 4.79 Å². The molecule has 0 bridgehead atoms. The molecule has 2 heterocycles. The fourth-order valence-electron chi connectivity index (χ4n) is 3.36. The molecular formula is C23H19FN4O3S2. The Morgan fingerprint density at radius 3 is 2.48 bits per heavy atom. The Kier molecular flexibility index (Phi) is 6.57. The van der Waals surface area contributed by atoms with E-state index in [1.165, 1.54) is 35.1 Å². The number of imide groups is 1. The van der Waals surface area contributed by atoms with E-state index in [0.717, 1.165) is 22.2 Å². The number of hydrogen-bond donors (Lipinski definition) is 2. The second-order valence-corrected chi connectivity index (χ2v) is 9.15. The van der Waals surface area contributed by atoms with Crippen LogP contribution in [0.25, 0.3) is 27.0 Å². The summed E-state index contributed by atoms with van der Waals surface area (Å²) in [6.07, 6.45) is 0. The van der Waals surface area contributed by atoms with Crippen LogP contribution < -0.4 is 16.2 Å². The van der Waals surface area contributed by atoms with Crippen LogP contribution in [0, 0.1) is 12.7 Å². The molecule has 0 unspecified atom stereocenters. The molecule has 4 rings (SSSR count). The fraction of sp³-hybridized carbons (Fsp3) is 0.130. The summed E-state index contributed by atoms with van der Waals surface area (Å²) in [6.45, 7) is 1.89. The number of nitrogens with zero attached hydrogens (tertiary/aromatic N) is 2. The third-order valence-electron chi connectivity index (χ3n) is 4.83. The fourth-order valence-corrected chi connectivity index (χ4v) is 5.26. The standard InChI is InChI=1S/C23H19FN4O3S2/c1-13-18(14-8-10-15(24)11-9-14)19-20(33-13)27-23(32-12-17(29)26-22(31)25-2)28(21(19)30)16-6-4-3-5-7-16/h3-11H,12H2,1-2H3,(H2,25,26,29,31). The molecule has 2 aromatic carbocycles. The van der Waals surface area contributed by atoms with Crippen LogP contribution >= 0.6 is 23.1 Å². The molecule has 168 valence electrons. The summed E-state index contributed by atoms with van der Waals surface area (Å²) in [5, 5.41) is 5.29. The average Bonchev–Trinajstić information content (AvgIpc) is 3.14. The van der Waals surface area contributed by atoms with E-state index >= 15 is 0 Å². The number of nitrogens with one attached hydrogen (secondary N) is 2. The van der Waals surface area contributed by atoms with E-state index in [0.29, 0.717) is 26.6 Å². The number of hydrogen-bond acceptors (Lipinski definition) is 6. The summed E-state index contributed by atoms with van der Waals surface area (Å²) < 4.78 is 14.9. The Morgan fingerprint density at radius 1 is 1.12 bits per heavy atom. The van der Waals surface area contributed by atoms with E-state index in [1.807, 2.05) is 13.0 Å². The van der Waals surface area contributed by atoms with Crippen molar-refractivity contribution >= 4 is 45.3 Å². The minimum atomic E-state index is -0.609. The summed E-state index contributed by atoms with van der Waals surface area (Å²) in [5.41, 5.74) is 1.75. The van der Waals surface area contributed by atoms with Gasteiger partial charge in [0.25, 0.3) is 5.56 Å². The quantitative estimate of drug-likeness (QED) is 0.330. The molecule has 0 saturated heterocycles. The van der Waals surface area contributed by atoms with Crippen molar-refractivity contribution in [2.75, 3.05) is 12.8 Å². The van der Waals surface area contributed by atoms with Gasteiger partial charge in [0.1, 0.15) is 10.6 Å². The maximum atomic E-state index is 13.8. The van der Waals surface area contributed by atoms with Crippen LogP contribution in [0.2, 0.25) is 0 Å². The van der Waals surface area contributed by atoms with Crippen LogP contribution in [-0.4, -0.2) is 34.3 Å². The average molecular weight is 483 g/mol. The number of thioether (sulfide) groups is 1. The number of para-hydroxylation sites is 1. The molecule has 4 aromatic rings. The zero-order chi connectivity index (χ0) is 23.5. The van der Waals surface area contributed by atoms with Crippen molar-refractivity contribution in [1.29, 1.82) is 0 Å². The first kappa shape index (κ1) is 22.7. The zero-order valence-electron chi connectivity index (χ0n) is 17.7. The molecule has 10 heteroatoms. The lowest BCUT2D eigenvalue weighted by Gasteiger charge is -2.12. The monoisotopic (exact) mass is 482 g/mol. The molecule has 0 atom stereocenters. The van der Waals surface area contributed by atoms with Crippen molar-refractivity contribution in [1.82, 2.24) is 20.2 Å². The molecule has 2 aromatic heterocycles. The summed E-state index contributed by atoms with van der Waals surface area (Å²) >= 11 is 2.42. The maximum absolute atomic E-state index is 13.8. The number of halogens is 1. The van der Waals surface area contributed by atoms with Gasteiger partial charge in [-0.2, -0.15) is 0 Å². The van der Waals surface area contributed by atoms with Crippen LogP contribution in [0.3, 0.4) is 0 Å². The minimum absolute atomic E-state index is 0.104. The van der Waals surface area contributed by atoms with Gasteiger partial charge in [0.15, 0.2) is 5.16 Å². The highest BCUT2D eigenvalue weighted by atomic mass is 32.2. The van der Waals surface area contributed by atoms with E-state index in [2.05, 4.69) is 10.6 Å². The Bertz CT molecular complexity index is 1400. The highest BCUT2D eigenvalue weighted by Crippen LogP contribution is 2.37. The second kappa shape index (κ2) is 9.55. The zero-order valence-corrected chi connectivity index (χ0v) is 19.3. The van der Waals surface area contributed by atoms with Crippen molar-refractivity contribution in [3.8, 4) is 16.8 Å². The number of thiophene rings is 1. The second-order valence-electron chi connectivity index (χ2n) is 7.01. The third-order valence-corrected chi connectivity index (χ3v) is 6.77. The van der Waals surface area contributed by atoms with Gasteiger partial charge in [-0.25, -0.2) is 14.2 Å². The van der Waals surface area contributed by atoms with Crippen LogP contribution in [0.15, 0.2) is 64.5 Å². The number of aryl methyl sites for hydroxylation is 1. The molecule has 0 spiro atoms. The number of urea groups is 1. The first-order valence-corrected chi connectivity index (χ1v) is 11.7. The summed E-state index contributed by atoms with van der Waals surface area (Å²) in [4.78, 5) is 43.4. The van der Waals surface area contributed by atoms with E-state index in [9.17, 15) is 18.8 Å². The van der Waals surface area contributed by atoms with Gasteiger partial charge in [0, 0.05) is 17.5 Å². The van der Waals surface area contributed by atoms with Crippen LogP contribution in [0.4, 0.5) is 9.18 Å². The molecule has 7 nitrogen and oxygen atoms in total. The number of fused-ring (bicyclic) bond motifs is 1. The topological polar surface area (TPSA) is 93.1 Å². The Hall–Kier alpha value is -3.50. The summed E-state index contributed by atoms with van der Waals surface area (Å²) in [5.74, 6) is -0.972. The van der Waals surface area contributed by atoms with Gasteiger partial charge in [0.05, 0.1) is 16.8 Å². The Morgan fingerprint density at radius 2 is 1.82 bits per heavy atom. The smallest absolute Gasteiger partial charge is 0.321 e. The molecule has 3 amide bonds. The van der Waals surface area contributed by atoms with Crippen molar-refractivity contribution in [3.63, 3.8) is 0 Å². The number of amides is 3. The summed E-state index contributed by atoms with van der Waals surface area (Å²) in [7, 11) is 1.41. The van der Waals surface area contributed by atoms with Gasteiger partial charge in [-0.1, -0.05) is 42.1 Å². The van der Waals surface area contributed by atoms with Gasteiger partial charge in [-0.05, 0) is 36.8 Å². The van der Waals surface area contributed by atoms with Gasteiger partial charge in [0.2, 0.25) is 5.91 Å². The van der Waals surface area contributed by atoms with Gasteiger partial charge in [-0.3, -0.25) is 19.5 Å². The first-order chi connectivity index (χ1) is 15.9. The predicted octanol–water partition coefficient (Wildman–Crippen LogP) is 4.11. The van der Waals surface area contributed by atoms with E-state index in [1.54, 1.807) is 36.4 Å². The molecule has 0 radical (unpaired) electrons. The van der Waals surface area contributed by atoms with Gasteiger partial charge in [-0.15, -0.1) is 11.3 Å². The van der Waals surface area contributed by atoms with Crippen molar-refractivity contribution < 1.29 is 14.0 Å². The van der Waals surface area contributed by atoms with E-state index < -0.39 is 11.9 Å².